The van der Waals surface area contributed by atoms with Gasteiger partial charge in [-0.3, -0.25) is 0 Å². The van der Waals surface area contributed by atoms with E-state index in [2.05, 4.69) is 70.0 Å². The van der Waals surface area contributed by atoms with Gasteiger partial charge >= 0.3 is 0 Å². The van der Waals surface area contributed by atoms with Crippen LogP contribution in [0.25, 0.3) is 0 Å². The van der Waals surface area contributed by atoms with E-state index >= 15 is 0 Å². The fraction of sp³-hybridized carbons (Fsp3) is 0.600. The number of ether oxygens (including phenoxy) is 1. The Labute approximate surface area is 128 Å². The Hall–Kier alpha value is 0.140. The highest BCUT2D eigenvalue weighted by Crippen LogP contribution is 2.33. The van der Waals surface area contributed by atoms with Gasteiger partial charge in [-0.05, 0) is 25.3 Å². The van der Waals surface area contributed by atoms with Crippen LogP contribution in [0, 0.1) is 6.92 Å². The van der Waals surface area contributed by atoms with E-state index in [0.29, 0.717) is 0 Å². The lowest BCUT2D eigenvalue weighted by Crippen LogP contribution is -2.32. The summed E-state index contributed by atoms with van der Waals surface area (Å²) in [7, 11) is 0. The summed E-state index contributed by atoms with van der Waals surface area (Å²) >= 11 is 7.36. The minimum absolute atomic E-state index is 0.125. The summed E-state index contributed by atoms with van der Waals surface area (Å²) in [5, 5.41) is 1.90. The van der Waals surface area contributed by atoms with Gasteiger partial charge in [0.15, 0.2) is 0 Å². The molecule has 0 N–H and O–H groups in total. The molecule has 0 aliphatic heterocycles. The normalized spacial score (nSPS) is 11.8. The zero-order valence-electron chi connectivity index (χ0n) is 11.2. The molecular weight excluding hydrogens is 356 g/mol. The fourth-order valence-electron chi connectivity index (χ4n) is 1.96. The third kappa shape index (κ3) is 4.36. The van der Waals surface area contributed by atoms with Crippen molar-refractivity contribution in [2.45, 2.75) is 32.1 Å². The highest BCUT2D eigenvalue weighted by Gasteiger charge is 2.29. The van der Waals surface area contributed by atoms with Crippen molar-refractivity contribution in [3.8, 4) is 0 Å². The lowest BCUT2D eigenvalue weighted by Gasteiger charge is -2.31. The summed E-state index contributed by atoms with van der Waals surface area (Å²) in [5.74, 6) is 0. The first-order valence-corrected chi connectivity index (χ1v) is 8.69. The standard InChI is InChI=1S/C15H22Br2O/c1-3-8-18-9-7-15(11-16,12-17)14-6-4-5-13(2)10-14/h4-6,10H,3,7-9,11-12H2,1-2H3. The van der Waals surface area contributed by atoms with Crippen molar-refractivity contribution in [1.29, 1.82) is 0 Å². The average Bonchev–Trinajstić information content (AvgIpc) is 2.40. The van der Waals surface area contributed by atoms with Crippen LogP contribution in [-0.4, -0.2) is 23.9 Å². The van der Waals surface area contributed by atoms with E-state index in [4.69, 9.17) is 4.74 Å². The van der Waals surface area contributed by atoms with Crippen LogP contribution in [0.2, 0.25) is 0 Å². The quantitative estimate of drug-likeness (QED) is 0.465. The highest BCUT2D eigenvalue weighted by atomic mass is 79.9. The lowest BCUT2D eigenvalue weighted by atomic mass is 9.81. The maximum absolute atomic E-state index is 5.65. The van der Waals surface area contributed by atoms with Crippen LogP contribution in [0.1, 0.15) is 30.9 Å². The molecule has 0 heterocycles. The molecule has 0 unspecified atom stereocenters. The number of halogens is 2. The van der Waals surface area contributed by atoms with Crippen molar-refractivity contribution >= 4 is 31.9 Å². The van der Waals surface area contributed by atoms with E-state index in [9.17, 15) is 0 Å². The summed E-state index contributed by atoms with van der Waals surface area (Å²) in [6.07, 6.45) is 2.12. The van der Waals surface area contributed by atoms with E-state index in [1.807, 2.05) is 0 Å². The van der Waals surface area contributed by atoms with Crippen LogP contribution in [0.3, 0.4) is 0 Å². The second-order valence-corrected chi connectivity index (χ2v) is 5.90. The summed E-state index contributed by atoms with van der Waals surface area (Å²) in [5.41, 5.74) is 2.82. The van der Waals surface area contributed by atoms with Crippen LogP contribution in [0.15, 0.2) is 24.3 Å². The first-order chi connectivity index (χ1) is 8.68. The number of hydrogen-bond donors (Lipinski definition) is 0. The molecule has 0 saturated heterocycles. The molecule has 102 valence electrons. The summed E-state index contributed by atoms with van der Waals surface area (Å²) in [4.78, 5) is 0. The molecule has 0 saturated carbocycles. The molecule has 0 aromatic heterocycles. The van der Waals surface area contributed by atoms with Gasteiger partial charge in [-0.1, -0.05) is 68.6 Å². The summed E-state index contributed by atoms with van der Waals surface area (Å²) in [6.45, 7) is 5.96. The van der Waals surface area contributed by atoms with Gasteiger partial charge in [-0.15, -0.1) is 0 Å². The highest BCUT2D eigenvalue weighted by molar-refractivity contribution is 9.09. The van der Waals surface area contributed by atoms with Crippen LogP contribution >= 0.6 is 31.9 Å². The van der Waals surface area contributed by atoms with E-state index in [0.717, 1.165) is 36.7 Å². The van der Waals surface area contributed by atoms with Crippen molar-refractivity contribution in [2.24, 2.45) is 0 Å². The lowest BCUT2D eigenvalue weighted by molar-refractivity contribution is 0.120. The van der Waals surface area contributed by atoms with E-state index in [-0.39, 0.29) is 5.41 Å². The minimum atomic E-state index is 0.125. The first kappa shape index (κ1) is 16.2. The Bertz CT molecular complexity index is 348. The van der Waals surface area contributed by atoms with Gasteiger partial charge in [0.05, 0.1) is 0 Å². The molecule has 0 aliphatic carbocycles. The second-order valence-electron chi connectivity index (χ2n) is 4.78. The molecule has 18 heavy (non-hydrogen) atoms. The molecule has 0 spiro atoms. The molecule has 1 rings (SSSR count). The molecular formula is C15H22Br2O. The van der Waals surface area contributed by atoms with Gasteiger partial charge < -0.3 is 4.74 Å². The molecule has 0 atom stereocenters. The van der Waals surface area contributed by atoms with Crippen LogP contribution in [-0.2, 0) is 10.2 Å². The first-order valence-electron chi connectivity index (χ1n) is 6.45. The summed E-state index contributed by atoms with van der Waals surface area (Å²) in [6, 6.07) is 8.78. The fourth-order valence-corrected chi connectivity index (χ4v) is 4.09. The van der Waals surface area contributed by atoms with Crippen molar-refractivity contribution < 1.29 is 4.74 Å². The topological polar surface area (TPSA) is 9.23 Å². The Morgan fingerprint density at radius 3 is 2.44 bits per heavy atom. The van der Waals surface area contributed by atoms with Crippen LogP contribution in [0.5, 0.6) is 0 Å². The predicted octanol–water partition coefficient (Wildman–Crippen LogP) is 4.84. The molecule has 0 radical (unpaired) electrons. The second kappa shape index (κ2) is 8.34. The maximum Gasteiger partial charge on any atom is 0.0475 e. The molecule has 1 aromatic rings. The van der Waals surface area contributed by atoms with E-state index in [1.165, 1.54) is 11.1 Å². The summed E-state index contributed by atoms with van der Waals surface area (Å²) < 4.78 is 5.65. The number of rotatable bonds is 8. The maximum atomic E-state index is 5.65. The Morgan fingerprint density at radius 1 is 1.17 bits per heavy atom. The monoisotopic (exact) mass is 376 g/mol. The zero-order valence-corrected chi connectivity index (χ0v) is 14.4. The third-order valence-electron chi connectivity index (χ3n) is 3.22. The van der Waals surface area contributed by atoms with E-state index < -0.39 is 0 Å². The largest absolute Gasteiger partial charge is 0.381 e. The van der Waals surface area contributed by atoms with Gasteiger partial charge in [0.25, 0.3) is 0 Å². The Balaban J connectivity index is 2.79. The molecule has 0 amide bonds. The zero-order chi connectivity index (χ0) is 13.4. The molecule has 0 aliphatic rings. The molecule has 3 heteroatoms. The van der Waals surface area contributed by atoms with Gasteiger partial charge in [0.1, 0.15) is 0 Å². The van der Waals surface area contributed by atoms with Crippen molar-refractivity contribution in [3.63, 3.8) is 0 Å². The van der Waals surface area contributed by atoms with Crippen molar-refractivity contribution in [2.75, 3.05) is 23.9 Å². The Kier molecular flexibility index (Phi) is 7.50. The number of benzene rings is 1. The predicted molar refractivity (Wildman–Crippen MR) is 86.2 cm³/mol. The molecule has 1 nitrogen and oxygen atoms in total. The van der Waals surface area contributed by atoms with Gasteiger partial charge in [0, 0.05) is 29.3 Å². The average molecular weight is 378 g/mol. The smallest absolute Gasteiger partial charge is 0.0475 e. The molecule has 1 aromatic carbocycles. The van der Waals surface area contributed by atoms with Crippen LogP contribution < -0.4 is 0 Å². The molecule has 0 bridgehead atoms. The van der Waals surface area contributed by atoms with Crippen molar-refractivity contribution in [3.05, 3.63) is 35.4 Å². The SMILES string of the molecule is CCCOCCC(CBr)(CBr)c1cccc(C)c1. The Morgan fingerprint density at radius 2 is 1.89 bits per heavy atom. The van der Waals surface area contributed by atoms with Crippen LogP contribution in [0.4, 0.5) is 0 Å². The van der Waals surface area contributed by atoms with E-state index in [1.54, 1.807) is 0 Å². The number of hydrogen-bond acceptors (Lipinski definition) is 1. The van der Waals surface area contributed by atoms with Crippen molar-refractivity contribution in [1.82, 2.24) is 0 Å². The molecule has 0 fully saturated rings. The van der Waals surface area contributed by atoms with Gasteiger partial charge in [0.2, 0.25) is 0 Å². The minimum Gasteiger partial charge on any atom is -0.381 e. The third-order valence-corrected chi connectivity index (χ3v) is 5.36. The number of aryl methyl sites for hydroxylation is 1. The van der Waals surface area contributed by atoms with Gasteiger partial charge in [-0.25, -0.2) is 0 Å². The van der Waals surface area contributed by atoms with Gasteiger partial charge in [-0.2, -0.15) is 0 Å². The number of alkyl halides is 2.